The van der Waals surface area contributed by atoms with Gasteiger partial charge in [-0.05, 0) is 30.9 Å². The van der Waals surface area contributed by atoms with Crippen molar-refractivity contribution in [3.8, 4) is 0 Å². The van der Waals surface area contributed by atoms with Crippen molar-refractivity contribution in [2.45, 2.75) is 26.2 Å². The highest BCUT2D eigenvalue weighted by atomic mass is 16.3. The Balaban J connectivity index is 2.68. The van der Waals surface area contributed by atoms with E-state index in [0.29, 0.717) is 5.76 Å². The second kappa shape index (κ2) is 2.72. The zero-order valence-electron chi connectivity index (χ0n) is 5.72. The molecule has 0 unspecified atom stereocenters. The molecule has 0 aromatic heterocycles. The molecule has 1 nitrogen and oxygen atoms in total. The number of aliphatic hydroxyl groups excluding tert-OH is 1. The molecule has 0 bridgehead atoms. The fraction of sp³-hybridized carbons (Fsp3) is 0.500. The Morgan fingerprint density at radius 3 is 2.56 bits per heavy atom. The van der Waals surface area contributed by atoms with Crippen LogP contribution >= 0.6 is 0 Å². The maximum atomic E-state index is 9.16. The number of aliphatic hydroxyl groups is 1. The lowest BCUT2D eigenvalue weighted by Gasteiger charge is -2.07. The smallest absolute Gasteiger partial charge is 0.114 e. The minimum Gasteiger partial charge on any atom is -0.508 e. The molecule has 0 saturated carbocycles. The van der Waals surface area contributed by atoms with E-state index in [-0.39, 0.29) is 0 Å². The molecule has 0 aromatic rings. The lowest BCUT2D eigenvalue weighted by atomic mass is 10.0. The van der Waals surface area contributed by atoms with Crippen molar-refractivity contribution in [1.82, 2.24) is 0 Å². The summed E-state index contributed by atoms with van der Waals surface area (Å²) in [6.07, 6.45) is 7.03. The van der Waals surface area contributed by atoms with Crippen LogP contribution in [0.1, 0.15) is 26.2 Å². The van der Waals surface area contributed by atoms with Crippen molar-refractivity contribution >= 4 is 0 Å². The largest absolute Gasteiger partial charge is 0.508 e. The van der Waals surface area contributed by atoms with Gasteiger partial charge in [-0.15, -0.1) is 0 Å². The summed E-state index contributed by atoms with van der Waals surface area (Å²) in [6, 6.07) is 0. The van der Waals surface area contributed by atoms with Crippen molar-refractivity contribution in [1.29, 1.82) is 0 Å². The molecule has 0 radical (unpaired) electrons. The molecule has 0 saturated heterocycles. The van der Waals surface area contributed by atoms with Gasteiger partial charge in [0.05, 0.1) is 0 Å². The van der Waals surface area contributed by atoms with Crippen LogP contribution in [0.5, 0.6) is 0 Å². The average molecular weight is 124 g/mol. The molecule has 0 atom stereocenters. The molecule has 0 amide bonds. The zero-order chi connectivity index (χ0) is 6.69. The van der Waals surface area contributed by atoms with Gasteiger partial charge >= 0.3 is 0 Å². The molecule has 1 N–H and O–H groups in total. The Hall–Kier alpha value is -0.720. The van der Waals surface area contributed by atoms with Gasteiger partial charge in [0.1, 0.15) is 5.76 Å². The van der Waals surface area contributed by atoms with Crippen LogP contribution in [0.2, 0.25) is 0 Å². The van der Waals surface area contributed by atoms with E-state index in [2.05, 4.69) is 13.0 Å². The topological polar surface area (TPSA) is 20.2 Å². The first-order valence-electron chi connectivity index (χ1n) is 3.43. The number of hydrogen-bond acceptors (Lipinski definition) is 1. The van der Waals surface area contributed by atoms with Gasteiger partial charge in [-0.1, -0.05) is 13.0 Å². The molecule has 0 heterocycles. The molecular weight excluding hydrogens is 112 g/mol. The second-order valence-electron chi connectivity index (χ2n) is 2.25. The monoisotopic (exact) mass is 124 g/mol. The van der Waals surface area contributed by atoms with Crippen molar-refractivity contribution < 1.29 is 5.11 Å². The van der Waals surface area contributed by atoms with Gasteiger partial charge < -0.3 is 5.11 Å². The van der Waals surface area contributed by atoms with Gasteiger partial charge in [-0.2, -0.15) is 0 Å². The summed E-state index contributed by atoms with van der Waals surface area (Å²) < 4.78 is 0. The lowest BCUT2D eigenvalue weighted by Crippen LogP contribution is -1.91. The fourth-order valence-electron chi connectivity index (χ4n) is 1.04. The van der Waals surface area contributed by atoms with E-state index >= 15 is 0 Å². The highest BCUT2D eigenvalue weighted by Crippen LogP contribution is 2.18. The number of hydrogen-bond donors (Lipinski definition) is 1. The van der Waals surface area contributed by atoms with Crippen molar-refractivity contribution in [3.63, 3.8) is 0 Å². The molecule has 1 aliphatic carbocycles. The van der Waals surface area contributed by atoms with E-state index in [4.69, 9.17) is 5.11 Å². The summed E-state index contributed by atoms with van der Waals surface area (Å²) >= 11 is 0. The standard InChI is InChI=1S/C8H12O/c1-2-7-5-3-4-6-8(7)9/h5-6,9H,2-4H2,1H3. The Morgan fingerprint density at radius 1 is 1.44 bits per heavy atom. The van der Waals surface area contributed by atoms with E-state index in [9.17, 15) is 0 Å². The van der Waals surface area contributed by atoms with Gasteiger partial charge in [0.25, 0.3) is 0 Å². The minimum absolute atomic E-state index is 0.490. The molecule has 0 spiro atoms. The summed E-state index contributed by atoms with van der Waals surface area (Å²) in [6.45, 7) is 2.06. The Labute approximate surface area is 55.7 Å². The van der Waals surface area contributed by atoms with Crippen LogP contribution in [-0.4, -0.2) is 5.11 Å². The summed E-state index contributed by atoms with van der Waals surface area (Å²) in [7, 11) is 0. The first kappa shape index (κ1) is 6.40. The van der Waals surface area contributed by atoms with Crippen LogP contribution in [-0.2, 0) is 0 Å². The van der Waals surface area contributed by atoms with Gasteiger partial charge in [-0.3, -0.25) is 0 Å². The Bertz CT molecular complexity index is 154. The number of rotatable bonds is 1. The molecule has 0 aliphatic heterocycles. The predicted octanol–water partition coefficient (Wildman–Crippen LogP) is 2.56. The van der Waals surface area contributed by atoms with Gasteiger partial charge in [0.15, 0.2) is 0 Å². The molecule has 1 aliphatic rings. The van der Waals surface area contributed by atoms with Crippen LogP contribution in [0, 0.1) is 0 Å². The highest BCUT2D eigenvalue weighted by Gasteiger charge is 2.02. The van der Waals surface area contributed by atoms with E-state index in [1.165, 1.54) is 0 Å². The van der Waals surface area contributed by atoms with Crippen molar-refractivity contribution in [2.24, 2.45) is 0 Å². The maximum Gasteiger partial charge on any atom is 0.114 e. The molecule has 1 heteroatoms. The first-order valence-corrected chi connectivity index (χ1v) is 3.43. The highest BCUT2D eigenvalue weighted by molar-refractivity contribution is 5.27. The molecule has 50 valence electrons. The van der Waals surface area contributed by atoms with Crippen LogP contribution in [0.15, 0.2) is 23.5 Å². The van der Waals surface area contributed by atoms with E-state index in [1.54, 1.807) is 0 Å². The van der Waals surface area contributed by atoms with E-state index in [1.807, 2.05) is 6.08 Å². The van der Waals surface area contributed by atoms with Gasteiger partial charge in [0.2, 0.25) is 0 Å². The molecule has 1 rings (SSSR count). The summed E-state index contributed by atoms with van der Waals surface area (Å²) in [5, 5.41) is 9.16. The Morgan fingerprint density at radius 2 is 2.11 bits per heavy atom. The molecule has 0 aromatic carbocycles. The summed E-state index contributed by atoms with van der Waals surface area (Å²) in [4.78, 5) is 0. The molecule has 9 heavy (non-hydrogen) atoms. The third-order valence-corrected chi connectivity index (χ3v) is 1.60. The molecule has 0 fully saturated rings. The van der Waals surface area contributed by atoms with Crippen LogP contribution in [0.3, 0.4) is 0 Å². The van der Waals surface area contributed by atoms with E-state index < -0.39 is 0 Å². The van der Waals surface area contributed by atoms with E-state index in [0.717, 1.165) is 24.8 Å². The minimum atomic E-state index is 0.490. The van der Waals surface area contributed by atoms with Crippen LogP contribution in [0.25, 0.3) is 0 Å². The first-order chi connectivity index (χ1) is 4.34. The zero-order valence-corrected chi connectivity index (χ0v) is 5.72. The van der Waals surface area contributed by atoms with Crippen LogP contribution in [0.4, 0.5) is 0 Å². The third-order valence-electron chi connectivity index (χ3n) is 1.60. The Kier molecular flexibility index (Phi) is 1.93. The van der Waals surface area contributed by atoms with Gasteiger partial charge in [-0.25, -0.2) is 0 Å². The average Bonchev–Trinajstić information content (AvgIpc) is 1.89. The quantitative estimate of drug-likeness (QED) is 0.569. The maximum absolute atomic E-state index is 9.16. The summed E-state index contributed by atoms with van der Waals surface area (Å²) in [5.74, 6) is 0.490. The SMILES string of the molecule is CCC1=CCCC=C1O. The fourth-order valence-corrected chi connectivity index (χ4v) is 1.04. The van der Waals surface area contributed by atoms with Gasteiger partial charge in [0, 0.05) is 0 Å². The van der Waals surface area contributed by atoms with Crippen molar-refractivity contribution in [2.75, 3.05) is 0 Å². The predicted molar refractivity (Wildman–Crippen MR) is 38.3 cm³/mol. The summed E-state index contributed by atoms with van der Waals surface area (Å²) in [5.41, 5.74) is 1.10. The third kappa shape index (κ3) is 1.35. The van der Waals surface area contributed by atoms with Crippen LogP contribution < -0.4 is 0 Å². The lowest BCUT2D eigenvalue weighted by molar-refractivity contribution is 0.413. The normalized spacial score (nSPS) is 18.8. The van der Waals surface area contributed by atoms with Crippen molar-refractivity contribution in [3.05, 3.63) is 23.5 Å². The number of allylic oxidation sites excluding steroid dienone is 3. The molecular formula is C8H12O. The second-order valence-corrected chi connectivity index (χ2v) is 2.25.